The summed E-state index contributed by atoms with van der Waals surface area (Å²) in [6.07, 6.45) is 0.981. The molecule has 1 N–H and O–H groups in total. The fraction of sp³-hybridized carbons (Fsp3) is 0.417. The van der Waals surface area contributed by atoms with Gasteiger partial charge in [0.1, 0.15) is 0 Å². The number of aryl methyl sites for hydroxylation is 1. The van der Waals surface area contributed by atoms with Crippen molar-refractivity contribution in [2.45, 2.75) is 13.0 Å². The van der Waals surface area contributed by atoms with Crippen LogP contribution in [-0.2, 0) is 6.54 Å². The average molecular weight is 219 g/mol. The molecule has 2 aromatic rings. The molecule has 0 bridgehead atoms. The number of aromatic nitrogens is 2. The molecule has 2 rings (SSSR count). The highest BCUT2D eigenvalue weighted by Crippen LogP contribution is 2.09. The zero-order valence-electron chi connectivity index (χ0n) is 9.73. The van der Waals surface area contributed by atoms with Gasteiger partial charge in [-0.1, -0.05) is 12.1 Å². The first-order valence-electron chi connectivity index (χ1n) is 5.51. The highest BCUT2D eigenvalue weighted by atomic mass is 16.1. The van der Waals surface area contributed by atoms with Gasteiger partial charge in [0.2, 0.25) is 0 Å². The molecule has 0 amide bonds. The molecule has 16 heavy (non-hydrogen) atoms. The van der Waals surface area contributed by atoms with E-state index in [1.165, 1.54) is 0 Å². The SMILES string of the molecule is CN(C)CCCn1c(=O)[nH]c2ccccc21. The molecule has 0 aliphatic carbocycles. The van der Waals surface area contributed by atoms with Crippen LogP contribution in [0.3, 0.4) is 0 Å². The van der Waals surface area contributed by atoms with Gasteiger partial charge in [-0.2, -0.15) is 0 Å². The van der Waals surface area contributed by atoms with Crippen LogP contribution in [0.2, 0.25) is 0 Å². The van der Waals surface area contributed by atoms with Gasteiger partial charge in [-0.3, -0.25) is 4.57 Å². The van der Waals surface area contributed by atoms with Crippen LogP contribution in [0.25, 0.3) is 11.0 Å². The lowest BCUT2D eigenvalue weighted by Crippen LogP contribution is -2.20. The molecule has 1 heterocycles. The molecule has 0 fully saturated rings. The Morgan fingerprint density at radius 3 is 2.81 bits per heavy atom. The molecule has 4 nitrogen and oxygen atoms in total. The second-order valence-electron chi connectivity index (χ2n) is 4.26. The summed E-state index contributed by atoms with van der Waals surface area (Å²) in [5, 5.41) is 0. The average Bonchev–Trinajstić information content (AvgIpc) is 2.55. The van der Waals surface area contributed by atoms with E-state index in [9.17, 15) is 4.79 Å². The topological polar surface area (TPSA) is 41.0 Å². The van der Waals surface area contributed by atoms with E-state index >= 15 is 0 Å². The number of hydrogen-bond acceptors (Lipinski definition) is 2. The maximum Gasteiger partial charge on any atom is 0.326 e. The predicted octanol–water partition coefficient (Wildman–Crippen LogP) is 1.28. The lowest BCUT2D eigenvalue weighted by Gasteiger charge is -2.09. The monoisotopic (exact) mass is 219 g/mol. The third kappa shape index (κ3) is 2.17. The summed E-state index contributed by atoms with van der Waals surface area (Å²) in [7, 11) is 4.08. The molecular weight excluding hydrogens is 202 g/mol. The van der Waals surface area contributed by atoms with Crippen LogP contribution in [0.15, 0.2) is 29.1 Å². The van der Waals surface area contributed by atoms with Gasteiger partial charge in [-0.25, -0.2) is 4.79 Å². The number of H-pyrrole nitrogens is 1. The summed E-state index contributed by atoms with van der Waals surface area (Å²) < 4.78 is 1.80. The molecule has 0 aliphatic heterocycles. The lowest BCUT2D eigenvalue weighted by atomic mass is 10.3. The van der Waals surface area contributed by atoms with Crippen LogP contribution in [0.5, 0.6) is 0 Å². The van der Waals surface area contributed by atoms with Crippen molar-refractivity contribution in [2.24, 2.45) is 0 Å². The zero-order chi connectivity index (χ0) is 11.5. The third-order valence-electron chi connectivity index (χ3n) is 2.67. The highest BCUT2D eigenvalue weighted by molar-refractivity contribution is 5.74. The second kappa shape index (κ2) is 4.53. The van der Waals surface area contributed by atoms with Crippen molar-refractivity contribution >= 4 is 11.0 Å². The molecule has 0 aliphatic rings. The smallest absolute Gasteiger partial charge is 0.309 e. The van der Waals surface area contributed by atoms with Gasteiger partial charge in [0.25, 0.3) is 0 Å². The van der Waals surface area contributed by atoms with Gasteiger partial charge in [0, 0.05) is 6.54 Å². The first-order valence-corrected chi connectivity index (χ1v) is 5.51. The van der Waals surface area contributed by atoms with Crippen molar-refractivity contribution in [3.63, 3.8) is 0 Å². The summed E-state index contributed by atoms with van der Waals surface area (Å²) in [6.45, 7) is 1.76. The Morgan fingerprint density at radius 2 is 2.06 bits per heavy atom. The van der Waals surface area contributed by atoms with E-state index in [2.05, 4.69) is 9.88 Å². The fourth-order valence-corrected chi connectivity index (χ4v) is 1.87. The molecule has 0 spiro atoms. The van der Waals surface area contributed by atoms with Crippen molar-refractivity contribution in [3.05, 3.63) is 34.7 Å². The highest BCUT2D eigenvalue weighted by Gasteiger charge is 2.04. The van der Waals surface area contributed by atoms with E-state index in [-0.39, 0.29) is 5.69 Å². The first kappa shape index (κ1) is 11.0. The van der Waals surface area contributed by atoms with Crippen LogP contribution in [0.4, 0.5) is 0 Å². The summed E-state index contributed by atoms with van der Waals surface area (Å²) in [4.78, 5) is 16.7. The molecule has 1 aromatic carbocycles. The summed E-state index contributed by atoms with van der Waals surface area (Å²) in [5.41, 5.74) is 1.89. The van der Waals surface area contributed by atoms with Crippen molar-refractivity contribution in [1.82, 2.24) is 14.5 Å². The molecular formula is C12H17N3O. The minimum Gasteiger partial charge on any atom is -0.309 e. The largest absolute Gasteiger partial charge is 0.326 e. The van der Waals surface area contributed by atoms with Gasteiger partial charge in [-0.15, -0.1) is 0 Å². The lowest BCUT2D eigenvalue weighted by molar-refractivity contribution is 0.386. The van der Waals surface area contributed by atoms with Crippen LogP contribution in [-0.4, -0.2) is 35.1 Å². The van der Waals surface area contributed by atoms with Crippen LogP contribution >= 0.6 is 0 Å². The normalized spacial score (nSPS) is 11.4. The zero-order valence-corrected chi connectivity index (χ0v) is 9.73. The number of fused-ring (bicyclic) bond motifs is 1. The molecule has 0 atom stereocenters. The Balaban J connectivity index is 2.23. The van der Waals surface area contributed by atoms with Crippen molar-refractivity contribution in [2.75, 3.05) is 20.6 Å². The van der Waals surface area contributed by atoms with Crippen LogP contribution in [0.1, 0.15) is 6.42 Å². The van der Waals surface area contributed by atoms with Crippen molar-refractivity contribution < 1.29 is 0 Å². The summed E-state index contributed by atoms with van der Waals surface area (Å²) in [5.74, 6) is 0. The first-order chi connectivity index (χ1) is 7.68. The molecule has 86 valence electrons. The number of rotatable bonds is 4. The van der Waals surface area contributed by atoms with Crippen LogP contribution in [0, 0.1) is 0 Å². The number of nitrogens with one attached hydrogen (secondary N) is 1. The fourth-order valence-electron chi connectivity index (χ4n) is 1.87. The molecule has 0 saturated carbocycles. The molecule has 1 aromatic heterocycles. The number of imidazole rings is 1. The van der Waals surface area contributed by atoms with Crippen LogP contribution < -0.4 is 5.69 Å². The number of nitrogens with zero attached hydrogens (tertiary/aromatic N) is 2. The second-order valence-corrected chi connectivity index (χ2v) is 4.26. The minimum atomic E-state index is -0.0139. The number of hydrogen-bond donors (Lipinski definition) is 1. The van der Waals surface area contributed by atoms with Gasteiger partial charge in [-0.05, 0) is 39.2 Å². The van der Waals surface area contributed by atoms with E-state index in [1.54, 1.807) is 4.57 Å². The Kier molecular flexibility index (Phi) is 3.10. The maximum atomic E-state index is 11.7. The number of benzene rings is 1. The molecule has 4 heteroatoms. The van der Waals surface area contributed by atoms with E-state index in [1.807, 2.05) is 38.4 Å². The third-order valence-corrected chi connectivity index (χ3v) is 2.67. The number of para-hydroxylation sites is 2. The molecule has 0 saturated heterocycles. The Morgan fingerprint density at radius 1 is 1.31 bits per heavy atom. The van der Waals surface area contributed by atoms with Gasteiger partial charge in [0.05, 0.1) is 11.0 Å². The minimum absolute atomic E-state index is 0.0139. The quantitative estimate of drug-likeness (QED) is 0.841. The van der Waals surface area contributed by atoms with Crippen molar-refractivity contribution in [3.8, 4) is 0 Å². The van der Waals surface area contributed by atoms with Crippen molar-refractivity contribution in [1.29, 1.82) is 0 Å². The Bertz CT molecular complexity index is 524. The Hall–Kier alpha value is -1.55. The summed E-state index contributed by atoms with van der Waals surface area (Å²) in [6, 6.07) is 7.79. The van der Waals surface area contributed by atoms with Gasteiger partial charge in [0.15, 0.2) is 0 Å². The molecule has 0 radical (unpaired) electrons. The Labute approximate surface area is 94.5 Å². The number of aromatic amines is 1. The van der Waals surface area contributed by atoms with Gasteiger partial charge >= 0.3 is 5.69 Å². The molecule has 0 unspecified atom stereocenters. The van der Waals surface area contributed by atoms with E-state index in [0.717, 1.165) is 30.5 Å². The van der Waals surface area contributed by atoms with Gasteiger partial charge < -0.3 is 9.88 Å². The van der Waals surface area contributed by atoms with E-state index in [0.29, 0.717) is 0 Å². The maximum absolute atomic E-state index is 11.7. The standard InChI is InChI=1S/C12H17N3O/c1-14(2)8-5-9-15-11-7-4-3-6-10(11)13-12(15)16/h3-4,6-7H,5,8-9H2,1-2H3,(H,13,16). The summed E-state index contributed by atoms with van der Waals surface area (Å²) >= 11 is 0. The van der Waals surface area contributed by atoms with E-state index < -0.39 is 0 Å². The predicted molar refractivity (Wildman–Crippen MR) is 65.7 cm³/mol. The van der Waals surface area contributed by atoms with E-state index in [4.69, 9.17) is 0 Å².